The van der Waals surface area contributed by atoms with Crippen LogP contribution in [0.3, 0.4) is 0 Å². The highest BCUT2D eigenvalue weighted by molar-refractivity contribution is 14.0. The lowest BCUT2D eigenvalue weighted by molar-refractivity contribution is 0.369. The summed E-state index contributed by atoms with van der Waals surface area (Å²) in [5, 5.41) is 17.5. The van der Waals surface area contributed by atoms with E-state index in [4.69, 9.17) is 4.52 Å². The van der Waals surface area contributed by atoms with Gasteiger partial charge < -0.3 is 24.7 Å². The maximum atomic E-state index is 10.1. The molecule has 0 unspecified atom stereocenters. The van der Waals surface area contributed by atoms with Crippen LogP contribution in [-0.2, 0) is 6.42 Å². The lowest BCUT2D eigenvalue weighted by atomic mass is 10.2. The minimum absolute atomic E-state index is 0. The maximum Gasteiger partial charge on any atom is 0.276 e. The van der Waals surface area contributed by atoms with Gasteiger partial charge in [-0.1, -0.05) is 23.4 Å². The predicted molar refractivity (Wildman–Crippen MR) is 130 cm³/mol. The first-order valence-corrected chi connectivity index (χ1v) is 9.97. The molecule has 1 fully saturated rings. The van der Waals surface area contributed by atoms with Gasteiger partial charge in [0.1, 0.15) is 11.4 Å². The van der Waals surface area contributed by atoms with E-state index in [0.717, 1.165) is 37.8 Å². The van der Waals surface area contributed by atoms with Crippen LogP contribution in [0.2, 0.25) is 0 Å². The maximum absolute atomic E-state index is 10.1. The highest BCUT2D eigenvalue weighted by Crippen LogP contribution is 2.27. The van der Waals surface area contributed by atoms with Gasteiger partial charge in [-0.25, -0.2) is 0 Å². The Morgan fingerprint density at radius 1 is 1.13 bits per heavy atom. The van der Waals surface area contributed by atoms with Gasteiger partial charge in [-0.05, 0) is 24.3 Å². The monoisotopic (exact) mass is 535 g/mol. The van der Waals surface area contributed by atoms with Crippen LogP contribution in [0.25, 0.3) is 11.6 Å². The van der Waals surface area contributed by atoms with Crippen molar-refractivity contribution >= 4 is 35.6 Å². The smallest absolute Gasteiger partial charge is 0.276 e. The molecule has 1 aromatic carbocycles. The fourth-order valence-electron chi connectivity index (χ4n) is 3.46. The Morgan fingerprint density at radius 3 is 2.61 bits per heavy atom. The Labute approximate surface area is 198 Å². The van der Waals surface area contributed by atoms with Gasteiger partial charge in [-0.15, -0.1) is 24.0 Å². The van der Waals surface area contributed by atoms with E-state index in [-0.39, 0.29) is 24.0 Å². The van der Waals surface area contributed by atoms with Gasteiger partial charge in [-0.2, -0.15) is 4.98 Å². The molecule has 3 heterocycles. The van der Waals surface area contributed by atoms with Gasteiger partial charge in [0.05, 0.1) is 5.69 Å². The Hall–Kier alpha value is -2.89. The normalized spacial score (nSPS) is 14.3. The number of rotatable bonds is 5. The number of piperazine rings is 1. The summed E-state index contributed by atoms with van der Waals surface area (Å²) in [6, 6.07) is 13.0. The third kappa shape index (κ3) is 5.63. The van der Waals surface area contributed by atoms with E-state index in [0.29, 0.717) is 36.1 Å². The number of guanidine groups is 1. The van der Waals surface area contributed by atoms with Crippen LogP contribution in [0.5, 0.6) is 5.75 Å². The number of aromatic hydroxyl groups is 1. The van der Waals surface area contributed by atoms with Crippen LogP contribution in [0.4, 0.5) is 5.69 Å². The lowest BCUT2D eigenvalue weighted by Gasteiger charge is -2.37. The van der Waals surface area contributed by atoms with E-state index < -0.39 is 0 Å². The molecule has 0 radical (unpaired) electrons. The summed E-state index contributed by atoms with van der Waals surface area (Å²) in [5.41, 5.74) is 1.54. The number of aromatic nitrogens is 3. The highest BCUT2D eigenvalue weighted by Gasteiger charge is 2.21. The number of pyridine rings is 1. The molecule has 0 aliphatic carbocycles. The van der Waals surface area contributed by atoms with Gasteiger partial charge >= 0.3 is 0 Å². The van der Waals surface area contributed by atoms with Crippen molar-refractivity contribution in [1.82, 2.24) is 25.3 Å². The number of aliphatic imine (C=N–C) groups is 1. The first kappa shape index (κ1) is 22.8. The van der Waals surface area contributed by atoms with Crippen molar-refractivity contribution in [2.75, 3.05) is 44.7 Å². The average Bonchev–Trinajstić information content (AvgIpc) is 3.27. The van der Waals surface area contributed by atoms with Crippen LogP contribution in [-0.4, -0.2) is 70.9 Å². The molecule has 4 rings (SSSR count). The number of nitrogens with zero attached hydrogens (tertiary/aromatic N) is 6. The fourth-order valence-corrected chi connectivity index (χ4v) is 3.46. The van der Waals surface area contributed by atoms with Gasteiger partial charge in [0, 0.05) is 52.4 Å². The zero-order valence-corrected chi connectivity index (χ0v) is 19.6. The Kier molecular flexibility index (Phi) is 8.04. The summed E-state index contributed by atoms with van der Waals surface area (Å²) in [7, 11) is 1.78. The van der Waals surface area contributed by atoms with Crippen molar-refractivity contribution in [3.05, 3.63) is 54.5 Å². The first-order chi connectivity index (χ1) is 14.7. The molecule has 0 bridgehead atoms. The molecule has 0 spiro atoms. The fraction of sp³-hybridized carbons (Fsp3) is 0.333. The molecular formula is C21H26IN7O2. The molecule has 3 aromatic rings. The molecular weight excluding hydrogens is 509 g/mol. The quantitative estimate of drug-likeness (QED) is 0.292. The second kappa shape index (κ2) is 10.9. The van der Waals surface area contributed by atoms with E-state index in [9.17, 15) is 5.11 Å². The van der Waals surface area contributed by atoms with Crippen LogP contribution >= 0.6 is 24.0 Å². The molecule has 2 N–H and O–H groups in total. The van der Waals surface area contributed by atoms with E-state index in [1.807, 2.05) is 36.4 Å². The van der Waals surface area contributed by atoms with Crippen molar-refractivity contribution in [3.63, 3.8) is 0 Å². The molecule has 31 heavy (non-hydrogen) atoms. The summed E-state index contributed by atoms with van der Waals surface area (Å²) in [6.07, 6.45) is 2.32. The van der Waals surface area contributed by atoms with Crippen molar-refractivity contribution in [2.24, 2.45) is 4.99 Å². The number of halogens is 1. The van der Waals surface area contributed by atoms with Crippen molar-refractivity contribution in [2.45, 2.75) is 6.42 Å². The molecule has 0 atom stereocenters. The number of phenolic OH excluding ortho intramolecular Hbond substituents is 1. The predicted octanol–water partition coefficient (Wildman–Crippen LogP) is 2.40. The molecule has 2 aromatic heterocycles. The Balaban J connectivity index is 0.00000272. The first-order valence-electron chi connectivity index (χ1n) is 9.97. The second-order valence-electron chi connectivity index (χ2n) is 6.92. The molecule has 164 valence electrons. The number of nitrogens with one attached hydrogen (secondary N) is 1. The number of benzene rings is 1. The minimum Gasteiger partial charge on any atom is -0.506 e. The van der Waals surface area contributed by atoms with Crippen LogP contribution in [0, 0.1) is 0 Å². The number of phenols is 1. The van der Waals surface area contributed by atoms with E-state index in [2.05, 4.69) is 35.2 Å². The largest absolute Gasteiger partial charge is 0.506 e. The van der Waals surface area contributed by atoms with Gasteiger partial charge in [0.2, 0.25) is 0 Å². The summed E-state index contributed by atoms with van der Waals surface area (Å²) in [5.74, 6) is 2.22. The second-order valence-corrected chi connectivity index (χ2v) is 6.92. The Morgan fingerprint density at radius 2 is 1.90 bits per heavy atom. The summed E-state index contributed by atoms with van der Waals surface area (Å²) >= 11 is 0. The third-order valence-electron chi connectivity index (χ3n) is 5.00. The van der Waals surface area contributed by atoms with E-state index in [1.165, 1.54) is 0 Å². The van der Waals surface area contributed by atoms with Crippen molar-refractivity contribution < 1.29 is 9.63 Å². The van der Waals surface area contributed by atoms with E-state index in [1.54, 1.807) is 19.3 Å². The molecule has 1 aliphatic rings. The van der Waals surface area contributed by atoms with Gasteiger partial charge in [-0.3, -0.25) is 9.98 Å². The molecule has 0 amide bonds. The molecule has 10 heteroatoms. The standard InChI is InChI=1S/C21H25N7O2.HI/c1-22-21(28-14-12-27(13-15-28)17-7-2-3-8-18(17)29)24-11-9-19-25-20(30-26-19)16-6-4-5-10-23-16;/h2-8,10,29H,9,11-15H2,1H3,(H,22,24);1H. The molecule has 1 saturated heterocycles. The lowest BCUT2D eigenvalue weighted by Crippen LogP contribution is -2.52. The average molecular weight is 535 g/mol. The highest BCUT2D eigenvalue weighted by atomic mass is 127. The van der Waals surface area contributed by atoms with Crippen LogP contribution in [0.1, 0.15) is 5.82 Å². The van der Waals surface area contributed by atoms with Gasteiger partial charge in [0.25, 0.3) is 5.89 Å². The summed E-state index contributed by atoms with van der Waals surface area (Å²) in [4.78, 5) is 17.4. The topological polar surface area (TPSA) is 103 Å². The van der Waals surface area contributed by atoms with E-state index >= 15 is 0 Å². The zero-order valence-electron chi connectivity index (χ0n) is 17.3. The number of hydrogen-bond acceptors (Lipinski definition) is 7. The summed E-state index contributed by atoms with van der Waals surface area (Å²) < 4.78 is 5.30. The number of hydrogen-bond donors (Lipinski definition) is 2. The summed E-state index contributed by atoms with van der Waals surface area (Å²) in [6.45, 7) is 3.92. The Bertz CT molecular complexity index is 988. The molecule has 1 aliphatic heterocycles. The van der Waals surface area contributed by atoms with Gasteiger partial charge in [0.15, 0.2) is 11.8 Å². The van der Waals surface area contributed by atoms with Crippen LogP contribution < -0.4 is 10.2 Å². The third-order valence-corrected chi connectivity index (χ3v) is 5.00. The minimum atomic E-state index is 0. The molecule has 9 nitrogen and oxygen atoms in total. The number of para-hydroxylation sites is 2. The zero-order chi connectivity index (χ0) is 20.8. The van der Waals surface area contributed by atoms with Crippen molar-refractivity contribution in [3.8, 4) is 17.3 Å². The SMILES string of the molecule is CN=C(NCCc1noc(-c2ccccn2)n1)N1CCN(c2ccccc2O)CC1.I. The number of anilines is 1. The van der Waals surface area contributed by atoms with Crippen LogP contribution in [0.15, 0.2) is 58.2 Å². The van der Waals surface area contributed by atoms with Crippen molar-refractivity contribution in [1.29, 1.82) is 0 Å². The molecule has 0 saturated carbocycles.